The first-order valence-electron chi connectivity index (χ1n) is 27.1. The second-order valence-corrected chi connectivity index (χ2v) is 19.0. The van der Waals surface area contributed by atoms with Crippen LogP contribution in [0.25, 0.3) is 0 Å². The van der Waals surface area contributed by atoms with E-state index in [9.17, 15) is 38.4 Å². The molecule has 16 N–H and O–H groups in total. The number of hydrogen-bond donors (Lipinski definition) is 12. The van der Waals surface area contributed by atoms with Crippen LogP contribution in [-0.4, -0.2) is 117 Å². The second kappa shape index (κ2) is 33.0. The summed E-state index contributed by atoms with van der Waals surface area (Å²) in [4.78, 5) is 104. The molecular formula is C53H84N16O8. The Bertz CT molecular complexity index is 2400. The summed E-state index contributed by atoms with van der Waals surface area (Å²) in [5.41, 5.74) is 25.9. The van der Waals surface area contributed by atoms with Crippen LogP contribution in [0.15, 0.2) is 49.1 Å². The van der Waals surface area contributed by atoms with Gasteiger partial charge in [0, 0.05) is 64.1 Å². The van der Waals surface area contributed by atoms with Crippen molar-refractivity contribution in [2.45, 2.75) is 149 Å². The highest BCUT2D eigenvalue weighted by Crippen LogP contribution is 2.22. The van der Waals surface area contributed by atoms with Crippen LogP contribution in [0.2, 0.25) is 0 Å². The zero-order valence-corrected chi connectivity index (χ0v) is 45.4. The van der Waals surface area contributed by atoms with Crippen LogP contribution in [0.1, 0.15) is 153 Å². The van der Waals surface area contributed by atoms with Crippen LogP contribution in [0, 0.1) is 0 Å². The molecule has 2 unspecified atom stereocenters. The SMILES string of the molecule is CCCn1cc(NC(=O)c2cc(NC(=O)CNC(=O)C(N)CCCCN)cn2CCC)cc1C(=O)NCCCCCNC(=O)c1cc(NC(=O)c2cc(NC(=O)CNC(=O)C(N)CCCCN)cn2CCC)cn1CCC. The number of nitrogens with zero attached hydrogens (tertiary/aromatic N) is 4. The van der Waals surface area contributed by atoms with Crippen molar-refractivity contribution >= 4 is 70.0 Å². The zero-order chi connectivity index (χ0) is 56.3. The maximum Gasteiger partial charge on any atom is 0.272 e. The Labute approximate surface area is 451 Å². The van der Waals surface area contributed by atoms with Crippen molar-refractivity contribution in [1.82, 2.24) is 39.5 Å². The van der Waals surface area contributed by atoms with E-state index in [1.54, 1.807) is 67.3 Å². The van der Waals surface area contributed by atoms with E-state index in [0.717, 1.165) is 25.7 Å². The van der Waals surface area contributed by atoms with Crippen molar-refractivity contribution < 1.29 is 38.4 Å². The molecule has 77 heavy (non-hydrogen) atoms. The standard InChI is InChI=1S/C53H84N16O8/c1-5-22-66-34-38(64-52(76)44-26-36(32-68(44)24-7-3)62-46(70)30-60-48(72)40(56)16-10-12-18-54)28-42(66)50(74)58-20-14-9-15-21-59-51(75)43-29-39(35-67(43)23-6-2)65-53(77)45-27-37(33-69(45)25-8-4)63-47(71)31-61-49(73)41(57)17-11-13-19-55/h26-29,32-35,40-41H,5-25,30-31,54-57H2,1-4H3,(H,58,74)(H,59,75)(H,60,72)(H,61,73)(H,62,70)(H,63,71)(H,64,76)(H,65,77). The number of anilines is 4. The molecule has 424 valence electrons. The number of carbonyl (C=O) groups is 8. The summed E-state index contributed by atoms with van der Waals surface area (Å²) >= 11 is 0. The van der Waals surface area contributed by atoms with Gasteiger partial charge in [-0.05, 0) is 108 Å². The first-order chi connectivity index (χ1) is 37.0. The number of unbranched alkanes of at least 4 members (excludes halogenated alkanes) is 4. The van der Waals surface area contributed by atoms with E-state index >= 15 is 0 Å². The summed E-state index contributed by atoms with van der Waals surface area (Å²) in [6.45, 7) is 11.2. The van der Waals surface area contributed by atoms with E-state index in [1.807, 2.05) is 27.7 Å². The number of amides is 8. The Balaban J connectivity index is 1.25. The van der Waals surface area contributed by atoms with Crippen molar-refractivity contribution in [1.29, 1.82) is 0 Å². The lowest BCUT2D eigenvalue weighted by Gasteiger charge is -2.11. The Morgan fingerprint density at radius 2 is 0.727 bits per heavy atom. The topological polar surface area (TPSA) is 357 Å². The van der Waals surface area contributed by atoms with Crippen LogP contribution >= 0.6 is 0 Å². The van der Waals surface area contributed by atoms with E-state index in [2.05, 4.69) is 42.5 Å². The summed E-state index contributed by atoms with van der Waals surface area (Å²) in [5.74, 6) is -3.27. The van der Waals surface area contributed by atoms with Gasteiger partial charge in [0.25, 0.3) is 23.6 Å². The van der Waals surface area contributed by atoms with Crippen molar-refractivity contribution in [2.75, 3.05) is 60.5 Å². The smallest absolute Gasteiger partial charge is 0.272 e. The number of nitrogens with two attached hydrogens (primary N) is 4. The number of aryl methyl sites for hydroxylation is 4. The van der Waals surface area contributed by atoms with Gasteiger partial charge in [0.1, 0.15) is 22.8 Å². The number of rotatable bonds is 36. The Morgan fingerprint density at radius 3 is 1.04 bits per heavy atom. The minimum atomic E-state index is -0.744. The Morgan fingerprint density at radius 1 is 0.416 bits per heavy atom. The molecule has 0 aromatic carbocycles. The molecule has 0 saturated heterocycles. The molecule has 0 bridgehead atoms. The quantitative estimate of drug-likeness (QED) is 0.0292. The van der Waals surface area contributed by atoms with E-state index in [0.29, 0.717) is 156 Å². The van der Waals surface area contributed by atoms with Crippen LogP contribution in [-0.2, 0) is 45.4 Å². The highest BCUT2D eigenvalue weighted by Gasteiger charge is 2.22. The summed E-state index contributed by atoms with van der Waals surface area (Å²) in [5, 5.41) is 22.3. The number of hydrogen-bond acceptors (Lipinski definition) is 12. The molecule has 24 nitrogen and oxygen atoms in total. The van der Waals surface area contributed by atoms with E-state index < -0.39 is 47.5 Å². The normalized spacial score (nSPS) is 11.8. The maximum absolute atomic E-state index is 13.6. The Kier molecular flexibility index (Phi) is 26.7. The molecule has 8 amide bonds. The molecule has 4 aromatic heterocycles. The summed E-state index contributed by atoms with van der Waals surface area (Å²) in [7, 11) is 0. The lowest BCUT2D eigenvalue weighted by Crippen LogP contribution is -2.43. The van der Waals surface area contributed by atoms with E-state index in [4.69, 9.17) is 22.9 Å². The molecule has 0 fully saturated rings. The molecule has 4 heterocycles. The molecule has 4 rings (SSSR count). The van der Waals surface area contributed by atoms with Gasteiger partial charge in [0.05, 0.1) is 47.9 Å². The molecule has 4 aromatic rings. The number of aromatic nitrogens is 4. The van der Waals surface area contributed by atoms with Gasteiger partial charge in [-0.3, -0.25) is 38.4 Å². The maximum atomic E-state index is 13.6. The van der Waals surface area contributed by atoms with Crippen molar-refractivity contribution in [2.24, 2.45) is 22.9 Å². The summed E-state index contributed by atoms with van der Waals surface area (Å²) < 4.78 is 7.05. The predicted molar refractivity (Wildman–Crippen MR) is 298 cm³/mol. The third kappa shape index (κ3) is 20.3. The third-order valence-electron chi connectivity index (χ3n) is 12.3. The molecule has 0 spiro atoms. The predicted octanol–water partition coefficient (Wildman–Crippen LogP) is 3.39. The van der Waals surface area contributed by atoms with Crippen LogP contribution in [0.3, 0.4) is 0 Å². The first-order valence-corrected chi connectivity index (χ1v) is 27.1. The fourth-order valence-electron chi connectivity index (χ4n) is 8.47. The molecule has 2 atom stereocenters. The van der Waals surface area contributed by atoms with Crippen LogP contribution in [0.5, 0.6) is 0 Å². The highest BCUT2D eigenvalue weighted by molar-refractivity contribution is 6.07. The number of nitrogens with one attached hydrogen (secondary N) is 8. The monoisotopic (exact) mass is 1070 g/mol. The van der Waals surface area contributed by atoms with Crippen LogP contribution in [0.4, 0.5) is 22.7 Å². The van der Waals surface area contributed by atoms with Gasteiger partial charge in [-0.2, -0.15) is 0 Å². The third-order valence-corrected chi connectivity index (χ3v) is 12.3. The molecule has 0 radical (unpaired) electrons. The van der Waals surface area contributed by atoms with Gasteiger partial charge in [-0.15, -0.1) is 0 Å². The second-order valence-electron chi connectivity index (χ2n) is 19.0. The van der Waals surface area contributed by atoms with Gasteiger partial charge >= 0.3 is 0 Å². The zero-order valence-electron chi connectivity index (χ0n) is 45.4. The Hall–Kier alpha value is -7.28. The minimum Gasteiger partial charge on any atom is -0.351 e. The van der Waals surface area contributed by atoms with Gasteiger partial charge in [-0.1, -0.05) is 40.5 Å². The molecule has 0 aliphatic carbocycles. The lowest BCUT2D eigenvalue weighted by atomic mass is 10.1. The highest BCUT2D eigenvalue weighted by atomic mass is 16.2. The molecule has 0 aliphatic heterocycles. The first kappa shape index (κ1) is 62.3. The van der Waals surface area contributed by atoms with Gasteiger partial charge in [0.2, 0.25) is 23.6 Å². The van der Waals surface area contributed by atoms with Gasteiger partial charge in [-0.25, -0.2) is 0 Å². The lowest BCUT2D eigenvalue weighted by molar-refractivity contribution is -0.125. The molecule has 0 aliphatic rings. The minimum absolute atomic E-state index is 0.286. The van der Waals surface area contributed by atoms with Crippen molar-refractivity contribution in [3.05, 3.63) is 71.8 Å². The molecule has 24 heteroatoms. The van der Waals surface area contributed by atoms with E-state index in [1.165, 1.54) is 0 Å². The average molecular weight is 1070 g/mol. The largest absolute Gasteiger partial charge is 0.351 e. The summed E-state index contributed by atoms with van der Waals surface area (Å²) in [6.07, 6.45) is 15.5. The number of carbonyl (C=O) groups excluding carboxylic acids is 8. The fraction of sp³-hybridized carbons (Fsp3) is 0.547. The fourth-order valence-corrected chi connectivity index (χ4v) is 8.47. The van der Waals surface area contributed by atoms with E-state index in [-0.39, 0.29) is 24.9 Å². The van der Waals surface area contributed by atoms with Crippen molar-refractivity contribution in [3.63, 3.8) is 0 Å². The van der Waals surface area contributed by atoms with Crippen LogP contribution < -0.4 is 65.5 Å². The van der Waals surface area contributed by atoms with Crippen molar-refractivity contribution in [3.8, 4) is 0 Å². The molecular weight excluding hydrogens is 989 g/mol. The van der Waals surface area contributed by atoms with Gasteiger partial charge in [0.15, 0.2) is 0 Å². The van der Waals surface area contributed by atoms with Gasteiger partial charge < -0.3 is 83.7 Å². The average Bonchev–Trinajstić information content (AvgIpc) is 4.20. The molecule has 0 saturated carbocycles. The summed E-state index contributed by atoms with van der Waals surface area (Å²) in [6, 6.07) is 4.88.